The molecule has 140 valence electrons. The van der Waals surface area contributed by atoms with Crippen LogP contribution in [0, 0.1) is 28.9 Å². The van der Waals surface area contributed by atoms with E-state index in [-0.39, 0.29) is 5.56 Å². The van der Waals surface area contributed by atoms with E-state index in [1.54, 1.807) is 0 Å². The second-order valence-electron chi connectivity index (χ2n) is 6.45. The molecule has 1 aromatic heterocycles. The second kappa shape index (κ2) is 7.84. The Bertz CT molecular complexity index is 929. The smallest absolute Gasteiger partial charge is 0.338 e. The number of anilines is 1. The van der Waals surface area contributed by atoms with E-state index in [0.717, 1.165) is 41.8 Å². The van der Waals surface area contributed by atoms with Gasteiger partial charge in [-0.1, -0.05) is 6.92 Å². The Morgan fingerprint density at radius 3 is 2.70 bits per heavy atom. The number of carbonyl (C=O) groups is 2. The molecule has 1 aliphatic carbocycles. The number of thiophene rings is 1. The first-order chi connectivity index (χ1) is 12.9. The zero-order valence-corrected chi connectivity index (χ0v) is 15.3. The molecule has 1 aromatic carbocycles. The zero-order chi connectivity index (χ0) is 19.6. The van der Waals surface area contributed by atoms with Gasteiger partial charge in [0, 0.05) is 10.9 Å². The maximum Gasteiger partial charge on any atom is 0.338 e. The molecule has 1 aliphatic rings. The summed E-state index contributed by atoms with van der Waals surface area (Å²) in [6.45, 7) is 1.52. The normalized spacial score (nSPS) is 15.6. The van der Waals surface area contributed by atoms with Gasteiger partial charge in [-0.3, -0.25) is 4.79 Å². The number of ether oxygens (including phenoxy) is 1. The van der Waals surface area contributed by atoms with Crippen LogP contribution in [-0.4, -0.2) is 18.5 Å². The highest BCUT2D eigenvalue weighted by atomic mass is 32.1. The molecule has 1 heterocycles. The van der Waals surface area contributed by atoms with Crippen LogP contribution in [0.5, 0.6) is 0 Å². The fraction of sp³-hybridized carbons (Fsp3) is 0.316. The van der Waals surface area contributed by atoms with Crippen LogP contribution in [0.25, 0.3) is 0 Å². The number of hydrogen-bond acceptors (Lipinski definition) is 5. The molecule has 1 amide bonds. The van der Waals surface area contributed by atoms with E-state index in [9.17, 15) is 23.6 Å². The topological polar surface area (TPSA) is 79.2 Å². The lowest BCUT2D eigenvalue weighted by atomic mass is 9.89. The largest absolute Gasteiger partial charge is 0.452 e. The molecule has 0 fully saturated rings. The number of halogens is 2. The standard InChI is InChI=1S/C19H16F2N2O3S/c1-10-2-3-14-15(8-22)18(27-16(14)4-10)23-17(24)9-26-19(25)11-5-12(20)7-13(21)6-11/h5-7,10H,2-4,9H2,1H3,(H,23,24)/t10-/m1/s1. The molecular formula is C19H16F2N2O3S. The molecule has 0 spiro atoms. The van der Waals surface area contributed by atoms with Crippen molar-refractivity contribution in [2.75, 3.05) is 11.9 Å². The first-order valence-electron chi connectivity index (χ1n) is 8.35. The fourth-order valence-electron chi connectivity index (χ4n) is 3.01. The molecule has 1 atom stereocenters. The Kier molecular flexibility index (Phi) is 5.51. The summed E-state index contributed by atoms with van der Waals surface area (Å²) in [6.07, 6.45) is 2.66. The summed E-state index contributed by atoms with van der Waals surface area (Å²) in [5, 5.41) is 12.4. The second-order valence-corrected chi connectivity index (χ2v) is 7.56. The predicted molar refractivity (Wildman–Crippen MR) is 95.5 cm³/mol. The lowest BCUT2D eigenvalue weighted by Crippen LogP contribution is -2.21. The molecule has 0 bridgehead atoms. The van der Waals surface area contributed by atoms with Crippen molar-refractivity contribution in [3.05, 3.63) is 51.4 Å². The molecule has 1 N–H and O–H groups in total. The summed E-state index contributed by atoms with van der Waals surface area (Å²) < 4.78 is 31.1. The van der Waals surface area contributed by atoms with E-state index < -0.39 is 30.1 Å². The third-order valence-electron chi connectivity index (χ3n) is 4.31. The van der Waals surface area contributed by atoms with Gasteiger partial charge >= 0.3 is 5.97 Å². The van der Waals surface area contributed by atoms with Gasteiger partial charge in [-0.2, -0.15) is 5.26 Å². The van der Waals surface area contributed by atoms with Crippen LogP contribution in [0.15, 0.2) is 18.2 Å². The van der Waals surface area contributed by atoms with Crippen LogP contribution in [0.1, 0.15) is 39.7 Å². The van der Waals surface area contributed by atoms with Crippen molar-refractivity contribution >= 4 is 28.2 Å². The minimum absolute atomic E-state index is 0.321. The third-order valence-corrected chi connectivity index (χ3v) is 5.48. The van der Waals surface area contributed by atoms with Gasteiger partial charge in [0.15, 0.2) is 6.61 Å². The van der Waals surface area contributed by atoms with Crippen LogP contribution in [-0.2, 0) is 22.4 Å². The highest BCUT2D eigenvalue weighted by Gasteiger charge is 2.25. The van der Waals surface area contributed by atoms with Crippen LogP contribution >= 0.6 is 11.3 Å². The molecule has 2 aromatic rings. The maximum atomic E-state index is 13.1. The van der Waals surface area contributed by atoms with E-state index in [0.29, 0.717) is 22.5 Å². The molecule has 27 heavy (non-hydrogen) atoms. The van der Waals surface area contributed by atoms with Gasteiger partial charge in [-0.25, -0.2) is 13.6 Å². The summed E-state index contributed by atoms with van der Waals surface area (Å²) >= 11 is 1.36. The van der Waals surface area contributed by atoms with Crippen LogP contribution in [0.4, 0.5) is 13.8 Å². The van der Waals surface area contributed by atoms with Gasteiger partial charge in [0.1, 0.15) is 22.7 Å². The van der Waals surface area contributed by atoms with Crippen molar-refractivity contribution in [1.29, 1.82) is 5.26 Å². The number of esters is 1. The van der Waals surface area contributed by atoms with Crippen LogP contribution in [0.3, 0.4) is 0 Å². The maximum absolute atomic E-state index is 13.1. The van der Waals surface area contributed by atoms with Crippen molar-refractivity contribution in [3.8, 4) is 6.07 Å². The number of rotatable bonds is 4. The lowest BCUT2D eigenvalue weighted by Gasteiger charge is -2.17. The Balaban J connectivity index is 1.65. The van der Waals surface area contributed by atoms with E-state index in [4.69, 9.17) is 4.74 Å². The molecular weight excluding hydrogens is 374 g/mol. The predicted octanol–water partition coefficient (Wildman–Crippen LogP) is 3.82. The monoisotopic (exact) mass is 390 g/mol. The summed E-state index contributed by atoms with van der Waals surface area (Å²) in [5.41, 5.74) is 1.11. The molecule has 5 nitrogen and oxygen atoms in total. The molecule has 0 saturated carbocycles. The number of amides is 1. The van der Waals surface area contributed by atoms with Crippen molar-refractivity contribution in [3.63, 3.8) is 0 Å². The van der Waals surface area contributed by atoms with Crippen molar-refractivity contribution in [2.45, 2.75) is 26.2 Å². The van der Waals surface area contributed by atoms with Crippen molar-refractivity contribution in [2.24, 2.45) is 5.92 Å². The van der Waals surface area contributed by atoms with E-state index in [1.807, 2.05) is 0 Å². The van der Waals surface area contributed by atoms with E-state index in [2.05, 4.69) is 18.3 Å². The van der Waals surface area contributed by atoms with Gasteiger partial charge in [0.05, 0.1) is 11.1 Å². The molecule has 0 aliphatic heterocycles. The highest BCUT2D eigenvalue weighted by Crippen LogP contribution is 2.39. The molecule has 3 rings (SSSR count). The zero-order valence-electron chi connectivity index (χ0n) is 14.5. The van der Waals surface area contributed by atoms with Gasteiger partial charge in [-0.15, -0.1) is 11.3 Å². The first-order valence-corrected chi connectivity index (χ1v) is 9.16. The summed E-state index contributed by atoms with van der Waals surface area (Å²) in [6, 6.07) is 4.41. The Hall–Kier alpha value is -2.79. The number of nitrogens with one attached hydrogen (secondary N) is 1. The Morgan fingerprint density at radius 1 is 1.33 bits per heavy atom. The molecule has 0 radical (unpaired) electrons. The molecule has 8 heteroatoms. The SMILES string of the molecule is C[C@@H]1CCc2c(sc(NC(=O)COC(=O)c3cc(F)cc(F)c3)c2C#N)C1. The number of fused-ring (bicyclic) bond motifs is 1. The van der Waals surface area contributed by atoms with Gasteiger partial charge in [0.25, 0.3) is 5.91 Å². The number of nitrogens with zero attached hydrogens (tertiary/aromatic N) is 1. The Labute approximate surface area is 158 Å². The minimum Gasteiger partial charge on any atom is -0.452 e. The van der Waals surface area contributed by atoms with E-state index in [1.165, 1.54) is 11.3 Å². The van der Waals surface area contributed by atoms with Crippen molar-refractivity contribution in [1.82, 2.24) is 0 Å². The van der Waals surface area contributed by atoms with E-state index >= 15 is 0 Å². The minimum atomic E-state index is -1.01. The molecule has 0 saturated heterocycles. The van der Waals surface area contributed by atoms with Gasteiger partial charge in [-0.05, 0) is 42.9 Å². The first kappa shape index (κ1) is 19.0. The average Bonchev–Trinajstić information content (AvgIpc) is 2.94. The highest BCUT2D eigenvalue weighted by molar-refractivity contribution is 7.16. The van der Waals surface area contributed by atoms with Gasteiger partial charge in [0.2, 0.25) is 0 Å². The number of carbonyl (C=O) groups excluding carboxylic acids is 2. The average molecular weight is 390 g/mol. The number of benzene rings is 1. The van der Waals surface area contributed by atoms with Crippen molar-refractivity contribution < 1.29 is 23.1 Å². The lowest BCUT2D eigenvalue weighted by molar-refractivity contribution is -0.119. The van der Waals surface area contributed by atoms with Crippen LogP contribution < -0.4 is 5.32 Å². The summed E-state index contributed by atoms with van der Waals surface area (Å²) in [4.78, 5) is 25.0. The quantitative estimate of drug-likeness (QED) is 0.805. The van der Waals surface area contributed by atoms with Gasteiger partial charge < -0.3 is 10.1 Å². The van der Waals surface area contributed by atoms with Crippen LogP contribution in [0.2, 0.25) is 0 Å². The number of nitriles is 1. The third kappa shape index (κ3) is 4.31. The summed E-state index contributed by atoms with van der Waals surface area (Å²) in [7, 11) is 0. The molecule has 0 unspecified atom stereocenters. The fourth-order valence-corrected chi connectivity index (χ4v) is 4.38. The Morgan fingerprint density at radius 2 is 2.04 bits per heavy atom. The number of hydrogen-bond donors (Lipinski definition) is 1. The summed E-state index contributed by atoms with van der Waals surface area (Å²) in [5.74, 6) is -2.93.